The van der Waals surface area contributed by atoms with Crippen molar-refractivity contribution in [2.75, 3.05) is 6.61 Å². The van der Waals surface area contributed by atoms with Gasteiger partial charge in [-0.2, -0.15) is 0 Å². The molecule has 0 spiro atoms. The van der Waals surface area contributed by atoms with Crippen LogP contribution >= 0.6 is 0 Å². The van der Waals surface area contributed by atoms with Gasteiger partial charge in [-0.1, -0.05) is 54.4 Å². The topological polar surface area (TPSA) is 29.5 Å². The van der Waals surface area contributed by atoms with Crippen LogP contribution in [0.4, 0.5) is 0 Å². The van der Waals surface area contributed by atoms with Gasteiger partial charge in [-0.25, -0.2) is 0 Å². The molecule has 0 aliphatic rings. The molecular weight excluding hydrogens is 264 g/mol. The molecule has 0 aliphatic heterocycles. The molecule has 2 atom stereocenters. The zero-order valence-corrected chi connectivity index (χ0v) is 15.7. The summed E-state index contributed by atoms with van der Waals surface area (Å²) < 4.78 is 6.48. The molecule has 0 radical (unpaired) electrons. The van der Waals surface area contributed by atoms with Gasteiger partial charge in [-0.3, -0.25) is 0 Å². The van der Waals surface area contributed by atoms with E-state index in [1.165, 1.54) is 0 Å². The van der Waals surface area contributed by atoms with Crippen LogP contribution in [0.3, 0.4) is 0 Å². The highest BCUT2D eigenvalue weighted by Crippen LogP contribution is 2.42. The van der Waals surface area contributed by atoms with Gasteiger partial charge in [0.25, 0.3) is 0 Å². The molecule has 0 heterocycles. The summed E-state index contributed by atoms with van der Waals surface area (Å²) in [5, 5.41) is 10.1. The normalized spacial score (nSPS) is 17.4. The molecule has 0 amide bonds. The summed E-state index contributed by atoms with van der Waals surface area (Å²) in [6.07, 6.45) is 6.18. The Morgan fingerprint density at radius 2 is 1.45 bits per heavy atom. The maximum absolute atomic E-state index is 10.1. The lowest BCUT2D eigenvalue weighted by Crippen LogP contribution is -2.48. The quantitative estimate of drug-likeness (QED) is 0.524. The lowest BCUT2D eigenvalue weighted by Gasteiger charge is -2.42. The second kappa shape index (κ2) is 7.63. The van der Waals surface area contributed by atoms with Gasteiger partial charge in [0.1, 0.15) is 5.60 Å². The van der Waals surface area contributed by atoms with E-state index in [1.54, 1.807) is 6.92 Å². The molecule has 0 fully saturated rings. The van der Waals surface area contributed by atoms with Crippen molar-refractivity contribution in [1.82, 2.24) is 0 Å². The Hall–Kier alpha value is -0.303. The first-order chi connectivity index (χ1) is 9.02. The summed E-state index contributed by atoms with van der Waals surface area (Å²) in [4.78, 5) is 0. The van der Waals surface area contributed by atoms with Gasteiger partial charge in [0.2, 0.25) is 0 Å². The van der Waals surface area contributed by atoms with Crippen LogP contribution in [0.1, 0.15) is 61.8 Å². The Morgan fingerprint density at radius 3 is 1.75 bits per heavy atom. The van der Waals surface area contributed by atoms with E-state index in [0.29, 0.717) is 23.2 Å². The fourth-order valence-electron chi connectivity index (χ4n) is 3.34. The number of aliphatic hydroxyl groups is 1. The lowest BCUT2D eigenvalue weighted by atomic mass is 9.89. The second-order valence-corrected chi connectivity index (χ2v) is 12.6. The molecule has 0 bridgehead atoms. The molecule has 118 valence electrons. The Kier molecular flexibility index (Phi) is 7.52. The van der Waals surface area contributed by atoms with E-state index in [9.17, 15) is 5.11 Å². The first-order valence-corrected chi connectivity index (χ1v) is 10.00. The fraction of sp³-hybridized carbons (Fsp3) is 0.882. The number of terminal acetylenes is 1. The monoisotopic (exact) mass is 298 g/mol. The molecule has 0 saturated heterocycles. The molecule has 0 aromatic heterocycles. The second-order valence-electron chi connectivity index (χ2n) is 7.15. The van der Waals surface area contributed by atoms with Crippen molar-refractivity contribution in [1.29, 1.82) is 0 Å². The summed E-state index contributed by atoms with van der Waals surface area (Å²) in [5.41, 5.74) is 0.726. The van der Waals surface area contributed by atoms with E-state index in [1.807, 2.05) is 6.92 Å². The Morgan fingerprint density at radius 1 is 1.05 bits per heavy atom. The average molecular weight is 299 g/mol. The van der Waals surface area contributed by atoms with E-state index >= 15 is 0 Å². The molecule has 2 nitrogen and oxygen atoms in total. The van der Waals surface area contributed by atoms with Crippen LogP contribution < -0.4 is 0 Å². The van der Waals surface area contributed by atoms with Gasteiger partial charge in [0, 0.05) is 6.61 Å². The zero-order valence-electron chi connectivity index (χ0n) is 14.7. The minimum Gasteiger partial charge on any atom is -0.416 e. The van der Waals surface area contributed by atoms with Crippen LogP contribution in [-0.2, 0) is 4.43 Å². The van der Waals surface area contributed by atoms with E-state index in [0.717, 1.165) is 6.42 Å². The molecule has 1 unspecified atom stereocenters. The van der Waals surface area contributed by atoms with Gasteiger partial charge in [0.15, 0.2) is 8.32 Å². The highest BCUT2D eigenvalue weighted by Gasteiger charge is 2.45. The SMILES string of the molecule is C#CC(C)(O)[C@@H](C)CCO[Si](C(C)C)(C(C)C)C(C)C. The third-order valence-corrected chi connectivity index (χ3v) is 11.0. The summed E-state index contributed by atoms with van der Waals surface area (Å²) in [6.45, 7) is 18.1. The van der Waals surface area contributed by atoms with E-state index in [2.05, 4.69) is 47.5 Å². The number of hydrogen-bond acceptors (Lipinski definition) is 2. The van der Waals surface area contributed by atoms with Gasteiger partial charge in [-0.15, -0.1) is 6.42 Å². The molecule has 0 aromatic carbocycles. The van der Waals surface area contributed by atoms with Gasteiger partial charge < -0.3 is 9.53 Å². The lowest BCUT2D eigenvalue weighted by molar-refractivity contribution is 0.0518. The van der Waals surface area contributed by atoms with Crippen LogP contribution in [0.15, 0.2) is 0 Å². The molecule has 3 heteroatoms. The summed E-state index contributed by atoms with van der Waals surface area (Å²) in [5.74, 6) is 2.52. The van der Waals surface area contributed by atoms with Crippen LogP contribution in [0, 0.1) is 18.3 Å². The van der Waals surface area contributed by atoms with Crippen molar-refractivity contribution >= 4 is 8.32 Å². The minimum absolute atomic E-state index is 0.0469. The van der Waals surface area contributed by atoms with E-state index < -0.39 is 13.9 Å². The predicted octanol–water partition coefficient (Wildman–Crippen LogP) is 4.59. The Bertz CT molecular complexity index is 305. The van der Waals surface area contributed by atoms with Crippen molar-refractivity contribution in [2.24, 2.45) is 5.92 Å². The van der Waals surface area contributed by atoms with Crippen molar-refractivity contribution in [3.8, 4) is 12.3 Å². The minimum atomic E-state index is -1.80. The molecule has 1 N–H and O–H groups in total. The molecule has 20 heavy (non-hydrogen) atoms. The highest BCUT2D eigenvalue weighted by molar-refractivity contribution is 6.77. The van der Waals surface area contributed by atoms with Crippen LogP contribution in [0.2, 0.25) is 16.6 Å². The average Bonchev–Trinajstić information content (AvgIpc) is 2.32. The predicted molar refractivity (Wildman–Crippen MR) is 90.2 cm³/mol. The van der Waals surface area contributed by atoms with Gasteiger partial charge >= 0.3 is 0 Å². The maximum Gasteiger partial charge on any atom is 0.200 e. The zero-order chi connectivity index (χ0) is 16.1. The largest absolute Gasteiger partial charge is 0.416 e. The van der Waals surface area contributed by atoms with Crippen LogP contribution in [0.5, 0.6) is 0 Å². The maximum atomic E-state index is 10.1. The molecular formula is C17H34O2Si. The fourth-order valence-corrected chi connectivity index (χ4v) is 8.81. The molecule has 0 aliphatic carbocycles. The Balaban J connectivity index is 4.78. The van der Waals surface area contributed by atoms with Crippen LogP contribution in [-0.4, -0.2) is 25.6 Å². The third kappa shape index (κ3) is 4.34. The highest BCUT2D eigenvalue weighted by atomic mass is 28.4. The first-order valence-electron chi connectivity index (χ1n) is 7.86. The summed E-state index contributed by atoms with van der Waals surface area (Å²) in [6, 6.07) is 0. The number of hydrogen-bond donors (Lipinski definition) is 1. The van der Waals surface area contributed by atoms with Crippen molar-refractivity contribution in [3.05, 3.63) is 0 Å². The summed E-state index contributed by atoms with van der Waals surface area (Å²) in [7, 11) is -1.80. The van der Waals surface area contributed by atoms with Gasteiger partial charge in [-0.05, 0) is 35.9 Å². The van der Waals surface area contributed by atoms with Crippen molar-refractivity contribution in [2.45, 2.75) is 84.0 Å². The van der Waals surface area contributed by atoms with Gasteiger partial charge in [0.05, 0.1) is 0 Å². The number of rotatable bonds is 8. The summed E-state index contributed by atoms with van der Waals surface area (Å²) >= 11 is 0. The molecule has 0 saturated carbocycles. The first kappa shape index (κ1) is 19.7. The smallest absolute Gasteiger partial charge is 0.200 e. The van der Waals surface area contributed by atoms with E-state index in [4.69, 9.17) is 10.8 Å². The van der Waals surface area contributed by atoms with E-state index in [-0.39, 0.29) is 5.92 Å². The third-order valence-electron chi connectivity index (χ3n) is 4.86. The van der Waals surface area contributed by atoms with Crippen molar-refractivity contribution in [3.63, 3.8) is 0 Å². The molecule has 0 aromatic rings. The standard InChI is InChI=1S/C17H34O2Si/c1-10-17(9,18)16(8)11-12-19-20(13(2)3,14(4)5)15(6)7/h1,13-16,18H,11-12H2,2-9H3/t16-,17?/m0/s1. The van der Waals surface area contributed by atoms with Crippen LogP contribution in [0.25, 0.3) is 0 Å². The Labute approximate surface area is 127 Å². The van der Waals surface area contributed by atoms with Crippen molar-refractivity contribution < 1.29 is 9.53 Å². The molecule has 0 rings (SSSR count).